The zero-order chi connectivity index (χ0) is 15.1. The van der Waals surface area contributed by atoms with Crippen LogP contribution in [-0.4, -0.2) is 21.9 Å². The molecule has 1 aromatic heterocycles. The lowest BCUT2D eigenvalue weighted by Gasteiger charge is -2.06. The quantitative estimate of drug-likeness (QED) is 0.854. The number of amides is 1. The summed E-state index contributed by atoms with van der Waals surface area (Å²) in [7, 11) is 0. The third kappa shape index (κ3) is 4.96. The normalized spacial score (nSPS) is 11.9. The molecule has 0 spiro atoms. The van der Waals surface area contributed by atoms with E-state index in [1.54, 1.807) is 12.4 Å². The van der Waals surface area contributed by atoms with Crippen molar-refractivity contribution < 1.29 is 4.79 Å². The van der Waals surface area contributed by atoms with Crippen LogP contribution in [-0.2, 0) is 4.79 Å². The lowest BCUT2D eigenvalue weighted by molar-refractivity contribution is -0.116. The van der Waals surface area contributed by atoms with Crippen molar-refractivity contribution in [1.29, 1.82) is 0 Å². The summed E-state index contributed by atoms with van der Waals surface area (Å²) >= 11 is 0. The molecule has 2 rings (SSSR count). The Morgan fingerprint density at radius 3 is 2.52 bits per heavy atom. The summed E-state index contributed by atoms with van der Waals surface area (Å²) < 4.78 is 0. The van der Waals surface area contributed by atoms with Gasteiger partial charge in [-0.1, -0.05) is 30.3 Å². The molecule has 0 saturated heterocycles. The summed E-state index contributed by atoms with van der Waals surface area (Å²) in [6, 6.07) is 9.84. The molecule has 0 aliphatic rings. The number of anilines is 1. The van der Waals surface area contributed by atoms with Crippen LogP contribution >= 0.6 is 0 Å². The second kappa shape index (κ2) is 7.50. The molecule has 5 heteroatoms. The molecule has 0 fully saturated rings. The number of nitrogens with two attached hydrogens (primary N) is 1. The van der Waals surface area contributed by atoms with Crippen molar-refractivity contribution >= 4 is 11.6 Å². The van der Waals surface area contributed by atoms with Crippen LogP contribution in [0, 0.1) is 0 Å². The predicted molar refractivity (Wildman–Crippen MR) is 83.6 cm³/mol. The van der Waals surface area contributed by atoms with Gasteiger partial charge in [-0.25, -0.2) is 9.97 Å². The molecule has 1 heterocycles. The summed E-state index contributed by atoms with van der Waals surface area (Å²) in [6.07, 6.45) is 5.34. The summed E-state index contributed by atoms with van der Waals surface area (Å²) in [6.45, 7) is 1.94. The van der Waals surface area contributed by atoms with E-state index in [-0.39, 0.29) is 11.9 Å². The highest BCUT2D eigenvalue weighted by Gasteiger charge is 2.05. The summed E-state index contributed by atoms with van der Waals surface area (Å²) in [5, 5.41) is 2.79. The van der Waals surface area contributed by atoms with Gasteiger partial charge in [0.1, 0.15) is 0 Å². The van der Waals surface area contributed by atoms with Gasteiger partial charge in [0.2, 0.25) is 5.91 Å². The molecular weight excluding hydrogens is 264 g/mol. The number of carbonyl (C=O) groups is 1. The van der Waals surface area contributed by atoms with E-state index >= 15 is 0 Å². The maximum absolute atomic E-state index is 11.7. The van der Waals surface area contributed by atoms with Gasteiger partial charge in [0, 0.05) is 18.0 Å². The largest absolute Gasteiger partial charge is 0.328 e. The van der Waals surface area contributed by atoms with Gasteiger partial charge in [-0.2, -0.15) is 0 Å². The standard InChI is InChI=1S/C16H20N4O/c1-12(17)6-5-9-15(21)20-14-10-18-16(19-11-14)13-7-3-2-4-8-13/h2-4,7-8,10-12H,5-6,9,17H2,1H3,(H,20,21). The van der Waals surface area contributed by atoms with Crippen molar-refractivity contribution in [3.05, 3.63) is 42.7 Å². The second-order valence-corrected chi connectivity index (χ2v) is 5.08. The van der Waals surface area contributed by atoms with E-state index in [9.17, 15) is 4.79 Å². The number of nitrogens with zero attached hydrogens (tertiary/aromatic N) is 2. The lowest BCUT2D eigenvalue weighted by Crippen LogP contribution is -2.17. The minimum absolute atomic E-state index is 0.0355. The van der Waals surface area contributed by atoms with Gasteiger partial charge in [-0.05, 0) is 19.8 Å². The van der Waals surface area contributed by atoms with Crippen LogP contribution in [0.3, 0.4) is 0 Å². The highest BCUT2D eigenvalue weighted by Crippen LogP contribution is 2.15. The van der Waals surface area contributed by atoms with Crippen molar-refractivity contribution in [2.45, 2.75) is 32.2 Å². The van der Waals surface area contributed by atoms with Crippen LogP contribution in [0.25, 0.3) is 11.4 Å². The first-order valence-corrected chi connectivity index (χ1v) is 7.08. The molecule has 1 amide bonds. The molecule has 1 aromatic carbocycles. The highest BCUT2D eigenvalue weighted by atomic mass is 16.1. The van der Waals surface area contributed by atoms with Gasteiger partial charge in [0.15, 0.2) is 5.82 Å². The molecule has 110 valence electrons. The molecule has 0 saturated carbocycles. The first-order chi connectivity index (χ1) is 10.1. The Bertz CT molecular complexity index is 567. The van der Waals surface area contributed by atoms with Gasteiger partial charge >= 0.3 is 0 Å². The van der Waals surface area contributed by atoms with Gasteiger partial charge in [-0.15, -0.1) is 0 Å². The summed E-state index contributed by atoms with van der Waals surface area (Å²) in [5.74, 6) is 0.609. The molecule has 0 radical (unpaired) electrons. The minimum atomic E-state index is -0.0355. The molecule has 0 aliphatic heterocycles. The van der Waals surface area contributed by atoms with Crippen LogP contribution in [0.1, 0.15) is 26.2 Å². The molecule has 5 nitrogen and oxygen atoms in total. The highest BCUT2D eigenvalue weighted by molar-refractivity contribution is 5.90. The average molecular weight is 284 g/mol. The first kappa shape index (κ1) is 15.1. The molecule has 0 aliphatic carbocycles. The van der Waals surface area contributed by atoms with Crippen molar-refractivity contribution in [3.8, 4) is 11.4 Å². The zero-order valence-electron chi connectivity index (χ0n) is 12.1. The Kier molecular flexibility index (Phi) is 5.40. The van der Waals surface area contributed by atoms with Crippen LogP contribution in [0.5, 0.6) is 0 Å². The van der Waals surface area contributed by atoms with E-state index in [2.05, 4.69) is 15.3 Å². The van der Waals surface area contributed by atoms with Crippen molar-refractivity contribution in [3.63, 3.8) is 0 Å². The predicted octanol–water partition coefficient (Wildman–Crippen LogP) is 2.60. The third-order valence-electron chi connectivity index (χ3n) is 3.03. The van der Waals surface area contributed by atoms with Crippen LogP contribution in [0.4, 0.5) is 5.69 Å². The monoisotopic (exact) mass is 284 g/mol. The number of carbonyl (C=O) groups excluding carboxylic acids is 1. The van der Waals surface area contributed by atoms with Crippen molar-refractivity contribution in [1.82, 2.24) is 9.97 Å². The van der Waals surface area contributed by atoms with E-state index in [1.165, 1.54) is 0 Å². The van der Waals surface area contributed by atoms with Crippen molar-refractivity contribution in [2.24, 2.45) is 5.73 Å². The number of aromatic nitrogens is 2. The number of hydrogen-bond donors (Lipinski definition) is 2. The van der Waals surface area contributed by atoms with E-state index in [0.29, 0.717) is 17.9 Å². The van der Waals surface area contributed by atoms with Gasteiger partial charge in [0.25, 0.3) is 0 Å². The van der Waals surface area contributed by atoms with Crippen LogP contribution in [0.15, 0.2) is 42.7 Å². The third-order valence-corrected chi connectivity index (χ3v) is 3.03. The molecule has 2 aromatic rings. The Morgan fingerprint density at radius 2 is 1.90 bits per heavy atom. The van der Waals surface area contributed by atoms with Crippen molar-refractivity contribution in [2.75, 3.05) is 5.32 Å². The number of benzene rings is 1. The molecule has 1 unspecified atom stereocenters. The van der Waals surface area contributed by atoms with E-state index in [1.807, 2.05) is 37.3 Å². The fraction of sp³-hybridized carbons (Fsp3) is 0.312. The number of rotatable bonds is 6. The summed E-state index contributed by atoms with van der Waals surface area (Å²) in [5.41, 5.74) is 7.21. The van der Waals surface area contributed by atoms with E-state index in [4.69, 9.17) is 5.73 Å². The van der Waals surface area contributed by atoms with Gasteiger partial charge < -0.3 is 11.1 Å². The molecular formula is C16H20N4O. The number of hydrogen-bond acceptors (Lipinski definition) is 4. The van der Waals surface area contributed by atoms with Gasteiger partial charge in [-0.3, -0.25) is 4.79 Å². The smallest absolute Gasteiger partial charge is 0.224 e. The molecule has 21 heavy (non-hydrogen) atoms. The first-order valence-electron chi connectivity index (χ1n) is 7.08. The maximum atomic E-state index is 11.7. The lowest BCUT2D eigenvalue weighted by atomic mass is 10.1. The zero-order valence-corrected chi connectivity index (χ0v) is 12.1. The summed E-state index contributed by atoms with van der Waals surface area (Å²) in [4.78, 5) is 20.3. The fourth-order valence-electron chi connectivity index (χ4n) is 1.94. The van der Waals surface area contributed by atoms with E-state index < -0.39 is 0 Å². The van der Waals surface area contributed by atoms with E-state index in [0.717, 1.165) is 18.4 Å². The van der Waals surface area contributed by atoms with Crippen LogP contribution in [0.2, 0.25) is 0 Å². The topological polar surface area (TPSA) is 80.9 Å². The Hall–Kier alpha value is -2.27. The molecule has 0 bridgehead atoms. The Morgan fingerprint density at radius 1 is 1.24 bits per heavy atom. The van der Waals surface area contributed by atoms with Crippen LogP contribution < -0.4 is 11.1 Å². The maximum Gasteiger partial charge on any atom is 0.224 e. The SMILES string of the molecule is CC(N)CCCC(=O)Nc1cnc(-c2ccccc2)nc1. The molecule has 1 atom stereocenters. The number of nitrogens with one attached hydrogen (secondary N) is 1. The Balaban J connectivity index is 1.89. The molecule has 3 N–H and O–H groups in total. The fourth-order valence-corrected chi connectivity index (χ4v) is 1.94. The average Bonchev–Trinajstić information content (AvgIpc) is 2.48. The minimum Gasteiger partial charge on any atom is -0.328 e. The second-order valence-electron chi connectivity index (χ2n) is 5.08. The Labute approximate surface area is 124 Å². The van der Waals surface area contributed by atoms with Gasteiger partial charge in [0.05, 0.1) is 18.1 Å².